The van der Waals surface area contributed by atoms with Crippen LogP contribution in [-0.4, -0.2) is 27.5 Å². The van der Waals surface area contributed by atoms with Crippen LogP contribution in [0.4, 0.5) is 18.9 Å². The maximum Gasteiger partial charge on any atom is 0.471 e. The lowest BCUT2D eigenvalue weighted by Crippen LogP contribution is -2.29. The van der Waals surface area contributed by atoms with Crippen molar-refractivity contribution in [1.82, 2.24) is 4.72 Å². The van der Waals surface area contributed by atoms with Gasteiger partial charge in [-0.3, -0.25) is 4.79 Å². The quantitative estimate of drug-likeness (QED) is 0.897. The highest BCUT2D eigenvalue weighted by atomic mass is 32.2. The Bertz CT molecular complexity index is 539. The fraction of sp³-hybridized carbons (Fsp3) is 0.364. The number of hydrogen-bond donors (Lipinski definition) is 2. The molecule has 2 N–H and O–H groups in total. The summed E-state index contributed by atoms with van der Waals surface area (Å²) in [6.07, 6.45) is -4.99. The van der Waals surface area contributed by atoms with Crippen molar-refractivity contribution in [2.45, 2.75) is 24.9 Å². The van der Waals surface area contributed by atoms with Crippen molar-refractivity contribution in [3.8, 4) is 0 Å². The summed E-state index contributed by atoms with van der Waals surface area (Å²) >= 11 is 0. The van der Waals surface area contributed by atoms with E-state index in [1.165, 1.54) is 7.05 Å². The Hall–Kier alpha value is -1.61. The number of alkyl halides is 3. The Labute approximate surface area is 115 Å². The monoisotopic (exact) mass is 312 g/mol. The molecule has 114 valence electrons. The largest absolute Gasteiger partial charge is 0.471 e. The third-order valence-corrected chi connectivity index (χ3v) is 3.38. The first-order chi connectivity index (χ1) is 9.16. The highest BCUT2D eigenvalue weighted by Gasteiger charge is 2.38. The molecule has 0 fully saturated rings. The number of carbonyl (C=O) groups excluding carboxylic acids is 1. The summed E-state index contributed by atoms with van der Waals surface area (Å²) < 4.78 is 60.5. The maximum absolute atomic E-state index is 11.9. The van der Waals surface area contributed by atoms with Crippen molar-refractivity contribution >= 4 is 21.6 Å². The van der Waals surface area contributed by atoms with Gasteiger partial charge >= 0.3 is 12.1 Å². The molecular formula is C11H15F3N2O3S. The van der Waals surface area contributed by atoms with Gasteiger partial charge < -0.3 is 5.32 Å². The van der Waals surface area contributed by atoms with E-state index in [4.69, 9.17) is 0 Å². The van der Waals surface area contributed by atoms with Crippen LogP contribution >= 0.6 is 0 Å². The number of nitrogens with one attached hydrogen (secondary N) is 2. The second-order valence-corrected chi connectivity index (χ2v) is 5.07. The highest BCUT2D eigenvalue weighted by Crippen LogP contribution is 2.19. The lowest BCUT2D eigenvalue weighted by atomic mass is 10.3. The minimum Gasteiger partial charge on any atom is -0.318 e. The molecule has 0 aromatic heterocycles. The highest BCUT2D eigenvalue weighted by molar-refractivity contribution is 7.89. The molecule has 0 radical (unpaired) electrons. The van der Waals surface area contributed by atoms with Gasteiger partial charge in [-0.15, -0.1) is 0 Å². The molecule has 1 rings (SSSR count). The van der Waals surface area contributed by atoms with E-state index >= 15 is 0 Å². The molecule has 0 spiro atoms. The first kappa shape index (κ1) is 18.4. The van der Waals surface area contributed by atoms with Gasteiger partial charge in [0.1, 0.15) is 0 Å². The molecule has 1 amide bonds. The van der Waals surface area contributed by atoms with Gasteiger partial charge in [-0.25, -0.2) is 13.1 Å². The van der Waals surface area contributed by atoms with Gasteiger partial charge in [0.25, 0.3) is 0 Å². The smallest absolute Gasteiger partial charge is 0.318 e. The van der Waals surface area contributed by atoms with Crippen LogP contribution in [0.2, 0.25) is 0 Å². The van der Waals surface area contributed by atoms with E-state index in [1.54, 1.807) is 5.32 Å². The van der Waals surface area contributed by atoms with Crippen LogP contribution in [0.15, 0.2) is 29.2 Å². The average molecular weight is 312 g/mol. The lowest BCUT2D eigenvalue weighted by Gasteiger charge is -2.08. The van der Waals surface area contributed by atoms with E-state index in [-0.39, 0.29) is 10.6 Å². The zero-order valence-electron chi connectivity index (χ0n) is 11.1. The summed E-state index contributed by atoms with van der Waals surface area (Å²) in [6, 6.07) is 4.29. The van der Waals surface area contributed by atoms with Gasteiger partial charge in [-0.1, -0.05) is 13.8 Å². The molecule has 0 aliphatic heterocycles. The maximum atomic E-state index is 11.9. The number of anilines is 1. The minimum atomic E-state index is -4.99. The van der Waals surface area contributed by atoms with Crippen molar-refractivity contribution in [3.63, 3.8) is 0 Å². The molecule has 1 aromatic rings. The molecule has 0 unspecified atom stereocenters. The Morgan fingerprint density at radius 2 is 1.55 bits per heavy atom. The van der Waals surface area contributed by atoms with Gasteiger partial charge in [0.15, 0.2) is 0 Å². The second-order valence-electron chi connectivity index (χ2n) is 3.18. The van der Waals surface area contributed by atoms with E-state index in [9.17, 15) is 26.4 Å². The summed E-state index contributed by atoms with van der Waals surface area (Å²) in [7, 11) is -2.45. The predicted octanol–water partition coefficient (Wildman–Crippen LogP) is 2.12. The van der Waals surface area contributed by atoms with Crippen LogP contribution in [0.5, 0.6) is 0 Å². The number of amides is 1. The number of benzene rings is 1. The first-order valence-electron chi connectivity index (χ1n) is 5.58. The van der Waals surface area contributed by atoms with Crippen LogP contribution < -0.4 is 10.0 Å². The Balaban J connectivity index is 0.00000172. The summed E-state index contributed by atoms with van der Waals surface area (Å²) in [4.78, 5) is 10.5. The lowest BCUT2D eigenvalue weighted by molar-refractivity contribution is -0.167. The molecule has 0 bridgehead atoms. The Morgan fingerprint density at radius 1 is 1.10 bits per heavy atom. The Morgan fingerprint density at radius 3 is 1.90 bits per heavy atom. The first-order valence-corrected chi connectivity index (χ1v) is 7.07. The molecule has 0 aliphatic rings. The molecule has 0 saturated carbocycles. The third kappa shape index (κ3) is 5.17. The van der Waals surface area contributed by atoms with Gasteiger partial charge in [0.2, 0.25) is 10.0 Å². The van der Waals surface area contributed by atoms with Crippen molar-refractivity contribution in [1.29, 1.82) is 0 Å². The standard InChI is InChI=1S/C9H9F3N2O3S.C2H6/c1-13-18(16,17)7-4-2-6(3-5-7)14-8(15)9(10,11)12;1-2/h2-5,13H,1H3,(H,14,15);1-2H3. The molecule has 1 aromatic carbocycles. The van der Waals surface area contributed by atoms with Crippen molar-refractivity contribution < 1.29 is 26.4 Å². The van der Waals surface area contributed by atoms with Crippen molar-refractivity contribution in [3.05, 3.63) is 24.3 Å². The van der Waals surface area contributed by atoms with Crippen LogP contribution in [-0.2, 0) is 14.8 Å². The van der Waals surface area contributed by atoms with Crippen LogP contribution in [0, 0.1) is 0 Å². The van der Waals surface area contributed by atoms with E-state index in [0.717, 1.165) is 24.3 Å². The minimum absolute atomic E-state index is 0.116. The molecule has 9 heteroatoms. The normalized spacial score (nSPS) is 11.3. The van der Waals surface area contributed by atoms with Gasteiger partial charge in [-0.05, 0) is 31.3 Å². The van der Waals surface area contributed by atoms with Gasteiger partial charge in [0, 0.05) is 5.69 Å². The van der Waals surface area contributed by atoms with Crippen LogP contribution in [0.1, 0.15) is 13.8 Å². The number of halogens is 3. The zero-order valence-corrected chi connectivity index (χ0v) is 11.9. The van der Waals surface area contributed by atoms with Crippen molar-refractivity contribution in [2.24, 2.45) is 0 Å². The predicted molar refractivity (Wildman–Crippen MR) is 68.7 cm³/mol. The zero-order chi connectivity index (χ0) is 16.0. The summed E-state index contributed by atoms with van der Waals surface area (Å²) in [6.45, 7) is 4.00. The molecule has 0 aliphatic carbocycles. The van der Waals surface area contributed by atoms with Crippen molar-refractivity contribution in [2.75, 3.05) is 12.4 Å². The topological polar surface area (TPSA) is 75.3 Å². The van der Waals surface area contributed by atoms with Crippen LogP contribution in [0.3, 0.4) is 0 Å². The van der Waals surface area contributed by atoms with Gasteiger partial charge in [-0.2, -0.15) is 13.2 Å². The molecular weight excluding hydrogens is 297 g/mol. The molecule has 20 heavy (non-hydrogen) atoms. The fourth-order valence-corrected chi connectivity index (χ4v) is 1.77. The molecule has 0 atom stereocenters. The number of carbonyl (C=O) groups is 1. The number of sulfonamides is 1. The molecule has 5 nitrogen and oxygen atoms in total. The number of hydrogen-bond acceptors (Lipinski definition) is 3. The van der Waals surface area contributed by atoms with E-state index in [1.807, 2.05) is 18.6 Å². The third-order valence-electron chi connectivity index (χ3n) is 1.95. The fourth-order valence-electron chi connectivity index (χ4n) is 1.04. The summed E-state index contributed by atoms with van der Waals surface area (Å²) in [5.41, 5.74) is -0.146. The molecule has 0 heterocycles. The molecule has 0 saturated heterocycles. The Kier molecular flexibility index (Phi) is 6.66. The van der Waals surface area contributed by atoms with Crippen LogP contribution in [0.25, 0.3) is 0 Å². The van der Waals surface area contributed by atoms with E-state index in [2.05, 4.69) is 0 Å². The average Bonchev–Trinajstić information content (AvgIpc) is 2.40. The summed E-state index contributed by atoms with van der Waals surface area (Å²) in [5.74, 6) is -2.12. The van der Waals surface area contributed by atoms with E-state index in [0.29, 0.717) is 0 Å². The second kappa shape index (κ2) is 7.25. The van der Waals surface area contributed by atoms with E-state index < -0.39 is 22.1 Å². The SMILES string of the molecule is CC.CNS(=O)(=O)c1ccc(NC(=O)C(F)(F)F)cc1. The van der Waals surface area contributed by atoms with Gasteiger partial charge in [0.05, 0.1) is 4.90 Å². The summed E-state index contributed by atoms with van der Waals surface area (Å²) in [5, 5.41) is 1.60. The number of rotatable bonds is 3.